The number of benzene rings is 2. The third kappa shape index (κ3) is 3.48. The number of anilines is 1. The van der Waals surface area contributed by atoms with Gasteiger partial charge in [0.15, 0.2) is 0 Å². The number of halogens is 3. The van der Waals surface area contributed by atoms with Gasteiger partial charge >= 0.3 is 0 Å². The molecule has 0 aromatic heterocycles. The zero-order chi connectivity index (χ0) is 15.6. The van der Waals surface area contributed by atoms with Crippen molar-refractivity contribution in [1.29, 1.82) is 0 Å². The summed E-state index contributed by atoms with van der Waals surface area (Å²) in [5.74, 6) is -1.31. The second kappa shape index (κ2) is 6.07. The van der Waals surface area contributed by atoms with E-state index < -0.39 is 16.6 Å². The molecule has 0 saturated heterocycles. The Labute approximate surface area is 128 Å². The molecule has 108 valence electrons. The summed E-state index contributed by atoms with van der Waals surface area (Å²) in [4.78, 5) is 22.0. The van der Waals surface area contributed by atoms with E-state index in [1.54, 1.807) is 0 Å². The highest BCUT2D eigenvalue weighted by atomic mass is 35.5. The van der Waals surface area contributed by atoms with E-state index in [0.29, 0.717) is 0 Å². The maximum Gasteiger partial charge on any atom is 0.288 e. The molecule has 0 aliphatic heterocycles. The second-order valence-electron chi connectivity index (χ2n) is 4.01. The van der Waals surface area contributed by atoms with Crippen LogP contribution in [0, 0.1) is 15.9 Å². The molecule has 1 amide bonds. The molecule has 0 heterocycles. The molecule has 0 atom stereocenters. The summed E-state index contributed by atoms with van der Waals surface area (Å²) in [7, 11) is 0. The Hall–Kier alpha value is -2.18. The Kier molecular flexibility index (Phi) is 4.40. The topological polar surface area (TPSA) is 72.2 Å². The van der Waals surface area contributed by atoms with Crippen LogP contribution in [-0.4, -0.2) is 10.8 Å². The number of carbonyl (C=O) groups excluding carboxylic acids is 1. The minimum atomic E-state index is -0.693. The minimum absolute atomic E-state index is 0.0291. The van der Waals surface area contributed by atoms with Crippen LogP contribution in [0.5, 0.6) is 0 Å². The van der Waals surface area contributed by atoms with E-state index in [1.165, 1.54) is 24.3 Å². The SMILES string of the molecule is O=C(Nc1ccc(Cl)c(F)c1)c1ccc(Cl)c([N+](=O)[O-])c1. The molecule has 0 aliphatic rings. The Morgan fingerprint density at radius 1 is 1.14 bits per heavy atom. The Morgan fingerprint density at radius 2 is 1.81 bits per heavy atom. The molecule has 0 bridgehead atoms. The molecular formula is C13H7Cl2FN2O3. The first-order valence-electron chi connectivity index (χ1n) is 5.59. The summed E-state index contributed by atoms with van der Waals surface area (Å²) in [6.07, 6.45) is 0. The predicted octanol–water partition coefficient (Wildman–Crippen LogP) is 4.29. The number of nitro groups is 1. The zero-order valence-electron chi connectivity index (χ0n) is 10.3. The van der Waals surface area contributed by atoms with Crippen molar-refractivity contribution >= 4 is 40.5 Å². The fraction of sp³-hybridized carbons (Fsp3) is 0. The standard InChI is InChI=1S/C13H7Cl2FN2O3/c14-9-4-2-8(6-11(9)16)17-13(19)7-1-3-10(15)12(5-7)18(20)21/h1-6H,(H,17,19). The van der Waals surface area contributed by atoms with Crippen molar-refractivity contribution in [2.45, 2.75) is 0 Å². The van der Waals surface area contributed by atoms with Crippen molar-refractivity contribution in [3.8, 4) is 0 Å². The Bertz CT molecular complexity index is 737. The van der Waals surface area contributed by atoms with Gasteiger partial charge in [-0.15, -0.1) is 0 Å². The van der Waals surface area contributed by atoms with Crippen molar-refractivity contribution in [1.82, 2.24) is 0 Å². The van der Waals surface area contributed by atoms with Crippen molar-refractivity contribution in [3.63, 3.8) is 0 Å². The van der Waals surface area contributed by atoms with Gasteiger partial charge in [0.2, 0.25) is 0 Å². The van der Waals surface area contributed by atoms with Gasteiger partial charge in [-0.1, -0.05) is 23.2 Å². The first-order valence-corrected chi connectivity index (χ1v) is 6.34. The van der Waals surface area contributed by atoms with E-state index in [9.17, 15) is 19.3 Å². The number of nitrogens with zero attached hydrogens (tertiary/aromatic N) is 1. The molecule has 2 rings (SSSR count). The molecule has 1 N–H and O–H groups in total. The van der Waals surface area contributed by atoms with Gasteiger partial charge in [-0.2, -0.15) is 0 Å². The number of hydrogen-bond acceptors (Lipinski definition) is 3. The number of nitro benzene ring substituents is 1. The molecule has 0 aliphatic carbocycles. The van der Waals surface area contributed by atoms with E-state index in [2.05, 4.69) is 5.32 Å². The summed E-state index contributed by atoms with van der Waals surface area (Å²) in [6.45, 7) is 0. The van der Waals surface area contributed by atoms with Crippen LogP contribution in [0.25, 0.3) is 0 Å². The highest BCUT2D eigenvalue weighted by molar-refractivity contribution is 6.32. The monoisotopic (exact) mass is 328 g/mol. The summed E-state index contributed by atoms with van der Waals surface area (Å²) < 4.78 is 13.3. The van der Waals surface area contributed by atoms with Crippen LogP contribution >= 0.6 is 23.2 Å². The lowest BCUT2D eigenvalue weighted by molar-refractivity contribution is -0.384. The van der Waals surface area contributed by atoms with Gasteiger partial charge < -0.3 is 5.32 Å². The van der Waals surface area contributed by atoms with Crippen LogP contribution in [0.1, 0.15) is 10.4 Å². The quantitative estimate of drug-likeness (QED) is 0.674. The highest BCUT2D eigenvalue weighted by Gasteiger charge is 2.16. The van der Waals surface area contributed by atoms with Crippen LogP contribution in [0.2, 0.25) is 10.0 Å². The number of nitrogens with one attached hydrogen (secondary N) is 1. The Balaban J connectivity index is 2.26. The van der Waals surface area contributed by atoms with E-state index >= 15 is 0 Å². The van der Waals surface area contributed by atoms with Crippen molar-refractivity contribution in [3.05, 3.63) is 67.9 Å². The maximum absolute atomic E-state index is 13.3. The van der Waals surface area contributed by atoms with Gasteiger partial charge in [0.05, 0.1) is 9.95 Å². The second-order valence-corrected chi connectivity index (χ2v) is 4.82. The van der Waals surface area contributed by atoms with Crippen molar-refractivity contribution in [2.24, 2.45) is 0 Å². The third-order valence-corrected chi connectivity index (χ3v) is 3.21. The lowest BCUT2D eigenvalue weighted by atomic mass is 10.2. The van der Waals surface area contributed by atoms with Crippen LogP contribution < -0.4 is 5.32 Å². The fourth-order valence-corrected chi connectivity index (χ4v) is 1.88. The molecule has 2 aromatic carbocycles. The van der Waals surface area contributed by atoms with Gasteiger partial charge in [0.25, 0.3) is 11.6 Å². The molecule has 0 fully saturated rings. The molecule has 0 unspecified atom stereocenters. The summed E-state index contributed by atoms with van der Waals surface area (Å²) in [5, 5.41) is 13.0. The van der Waals surface area contributed by atoms with E-state index in [1.807, 2.05) is 0 Å². The van der Waals surface area contributed by atoms with Gasteiger partial charge in [-0.3, -0.25) is 14.9 Å². The first kappa shape index (κ1) is 15.2. The largest absolute Gasteiger partial charge is 0.322 e. The van der Waals surface area contributed by atoms with Crippen LogP contribution in [-0.2, 0) is 0 Å². The van der Waals surface area contributed by atoms with Crippen molar-refractivity contribution in [2.75, 3.05) is 5.32 Å². The molecule has 5 nitrogen and oxygen atoms in total. The number of carbonyl (C=O) groups is 1. The minimum Gasteiger partial charge on any atom is -0.322 e. The average molecular weight is 329 g/mol. The molecule has 0 spiro atoms. The number of rotatable bonds is 3. The number of hydrogen-bond donors (Lipinski definition) is 1. The van der Waals surface area contributed by atoms with Gasteiger partial charge in [0, 0.05) is 17.3 Å². The van der Waals surface area contributed by atoms with Crippen molar-refractivity contribution < 1.29 is 14.1 Å². The van der Waals surface area contributed by atoms with Crippen LogP contribution in [0.3, 0.4) is 0 Å². The molecule has 21 heavy (non-hydrogen) atoms. The lowest BCUT2D eigenvalue weighted by Gasteiger charge is -2.06. The lowest BCUT2D eigenvalue weighted by Crippen LogP contribution is -2.12. The maximum atomic E-state index is 13.3. The summed E-state index contributed by atoms with van der Waals surface area (Å²) in [6, 6.07) is 7.37. The van der Waals surface area contributed by atoms with E-state index in [4.69, 9.17) is 23.2 Å². The normalized spacial score (nSPS) is 10.2. The molecule has 8 heteroatoms. The smallest absolute Gasteiger partial charge is 0.288 e. The highest BCUT2D eigenvalue weighted by Crippen LogP contribution is 2.26. The third-order valence-electron chi connectivity index (χ3n) is 2.58. The van der Waals surface area contributed by atoms with Gasteiger partial charge in [-0.25, -0.2) is 4.39 Å². The first-order chi connectivity index (χ1) is 9.88. The number of amides is 1. The van der Waals surface area contributed by atoms with Gasteiger partial charge in [0.1, 0.15) is 10.8 Å². The Morgan fingerprint density at radius 3 is 2.43 bits per heavy atom. The molecule has 0 radical (unpaired) electrons. The summed E-state index contributed by atoms with van der Waals surface area (Å²) >= 11 is 11.2. The van der Waals surface area contributed by atoms with Gasteiger partial charge in [-0.05, 0) is 30.3 Å². The molecule has 0 saturated carbocycles. The van der Waals surface area contributed by atoms with E-state index in [0.717, 1.165) is 12.1 Å². The average Bonchev–Trinajstić information content (AvgIpc) is 2.43. The predicted molar refractivity (Wildman–Crippen MR) is 77.5 cm³/mol. The van der Waals surface area contributed by atoms with Crippen LogP contribution in [0.4, 0.5) is 15.8 Å². The molecule has 2 aromatic rings. The molecular weight excluding hydrogens is 322 g/mol. The summed E-state index contributed by atoms with van der Waals surface area (Å²) in [5.41, 5.74) is -0.174. The zero-order valence-corrected chi connectivity index (χ0v) is 11.8. The van der Waals surface area contributed by atoms with E-state index in [-0.39, 0.29) is 27.0 Å². The fourth-order valence-electron chi connectivity index (χ4n) is 1.57. The van der Waals surface area contributed by atoms with Crippen LogP contribution in [0.15, 0.2) is 36.4 Å².